The first-order chi connectivity index (χ1) is 6.93. The van der Waals surface area contributed by atoms with Gasteiger partial charge in [-0.25, -0.2) is 0 Å². The normalized spacial score (nSPS) is 10.9. The average molecular weight is 178 g/mol. The average Bonchev–Trinajstić information content (AvgIpc) is 2.26. The summed E-state index contributed by atoms with van der Waals surface area (Å²) in [5, 5.41) is 3.62. The number of hydrogen-bond acceptors (Lipinski definition) is 1. The largest absolute Gasteiger partial charge is 0.256 e. The standard InChI is InChI=1S/C13H8N/c1-2-5-11-9-13-12(6-3-7-14-13)8-10(11)4-1/h1,3-9H. The molecule has 0 unspecified atom stereocenters. The highest BCUT2D eigenvalue weighted by Gasteiger charge is 1.96. The topological polar surface area (TPSA) is 12.9 Å². The molecule has 0 aliphatic carbocycles. The first kappa shape index (κ1) is 7.51. The number of hydrogen-bond donors (Lipinski definition) is 0. The van der Waals surface area contributed by atoms with Gasteiger partial charge in [0.15, 0.2) is 0 Å². The van der Waals surface area contributed by atoms with E-state index in [2.05, 4.69) is 35.3 Å². The molecule has 0 aliphatic rings. The van der Waals surface area contributed by atoms with E-state index in [0.717, 1.165) is 5.52 Å². The van der Waals surface area contributed by atoms with E-state index >= 15 is 0 Å². The first-order valence-electron chi connectivity index (χ1n) is 4.58. The molecule has 1 heterocycles. The van der Waals surface area contributed by atoms with Crippen LogP contribution in [-0.2, 0) is 0 Å². The van der Waals surface area contributed by atoms with Crippen molar-refractivity contribution in [3.8, 4) is 0 Å². The molecule has 0 N–H and O–H groups in total. The third-order valence-electron chi connectivity index (χ3n) is 2.41. The summed E-state index contributed by atoms with van der Waals surface area (Å²) in [5.74, 6) is 0. The molecule has 1 heteroatoms. The molecule has 0 atom stereocenters. The molecule has 0 saturated carbocycles. The van der Waals surface area contributed by atoms with Crippen molar-refractivity contribution in [1.29, 1.82) is 0 Å². The molecular weight excluding hydrogens is 170 g/mol. The second kappa shape index (κ2) is 2.81. The number of rotatable bonds is 0. The quantitative estimate of drug-likeness (QED) is 0.482. The highest BCUT2D eigenvalue weighted by molar-refractivity contribution is 5.96. The van der Waals surface area contributed by atoms with Gasteiger partial charge < -0.3 is 0 Å². The Balaban J connectivity index is 2.52. The Hall–Kier alpha value is -1.89. The summed E-state index contributed by atoms with van der Waals surface area (Å²) in [4.78, 5) is 4.32. The molecule has 0 fully saturated rings. The molecule has 0 bridgehead atoms. The van der Waals surface area contributed by atoms with Crippen LogP contribution < -0.4 is 0 Å². The summed E-state index contributed by atoms with van der Waals surface area (Å²) in [6, 6.07) is 17.4. The summed E-state index contributed by atoms with van der Waals surface area (Å²) in [6.07, 6.45) is 1.82. The first-order valence-corrected chi connectivity index (χ1v) is 4.58. The molecule has 1 nitrogen and oxygen atoms in total. The Labute approximate surface area is 82.0 Å². The third-order valence-corrected chi connectivity index (χ3v) is 2.41. The van der Waals surface area contributed by atoms with Crippen molar-refractivity contribution in [3.63, 3.8) is 0 Å². The second-order valence-electron chi connectivity index (χ2n) is 3.32. The molecular formula is C13H8N. The van der Waals surface area contributed by atoms with Crippen molar-refractivity contribution >= 4 is 21.7 Å². The fourth-order valence-electron chi connectivity index (χ4n) is 1.70. The molecule has 2 aromatic carbocycles. The van der Waals surface area contributed by atoms with E-state index in [9.17, 15) is 0 Å². The minimum absolute atomic E-state index is 1.04. The number of nitrogens with zero attached hydrogens (tertiary/aromatic N) is 1. The zero-order chi connectivity index (χ0) is 9.38. The van der Waals surface area contributed by atoms with Crippen molar-refractivity contribution in [3.05, 3.63) is 54.7 Å². The van der Waals surface area contributed by atoms with Gasteiger partial charge in [-0.2, -0.15) is 0 Å². The molecule has 14 heavy (non-hydrogen) atoms. The SMILES string of the molecule is [c]1ccc2cc3cccnc3cc2c1. The van der Waals surface area contributed by atoms with Gasteiger partial charge in [-0.15, -0.1) is 0 Å². The fraction of sp³-hybridized carbons (Fsp3) is 0. The van der Waals surface area contributed by atoms with Crippen LogP contribution >= 0.6 is 0 Å². The lowest BCUT2D eigenvalue weighted by atomic mass is 10.1. The maximum absolute atomic E-state index is 4.32. The monoisotopic (exact) mass is 178 g/mol. The van der Waals surface area contributed by atoms with Gasteiger partial charge in [0, 0.05) is 11.6 Å². The number of pyridine rings is 1. The van der Waals surface area contributed by atoms with Crippen LogP contribution in [0.15, 0.2) is 48.7 Å². The van der Waals surface area contributed by atoms with Gasteiger partial charge in [0.25, 0.3) is 0 Å². The van der Waals surface area contributed by atoms with Gasteiger partial charge in [-0.3, -0.25) is 4.98 Å². The van der Waals surface area contributed by atoms with Crippen molar-refractivity contribution in [2.45, 2.75) is 0 Å². The lowest BCUT2D eigenvalue weighted by Gasteiger charge is -1.99. The van der Waals surface area contributed by atoms with Crippen LogP contribution in [-0.4, -0.2) is 4.98 Å². The van der Waals surface area contributed by atoms with E-state index < -0.39 is 0 Å². The lowest BCUT2D eigenvalue weighted by Crippen LogP contribution is -1.78. The van der Waals surface area contributed by atoms with Gasteiger partial charge in [0.2, 0.25) is 0 Å². The Kier molecular flexibility index (Phi) is 1.51. The van der Waals surface area contributed by atoms with E-state index in [1.165, 1.54) is 16.2 Å². The zero-order valence-corrected chi connectivity index (χ0v) is 7.57. The highest BCUT2D eigenvalue weighted by Crippen LogP contribution is 2.20. The van der Waals surface area contributed by atoms with Gasteiger partial charge in [0.1, 0.15) is 0 Å². The summed E-state index contributed by atoms with van der Waals surface area (Å²) in [7, 11) is 0. The molecule has 0 spiro atoms. The van der Waals surface area contributed by atoms with Gasteiger partial charge >= 0.3 is 0 Å². The minimum Gasteiger partial charge on any atom is -0.256 e. The van der Waals surface area contributed by atoms with Crippen LogP contribution in [0.4, 0.5) is 0 Å². The predicted octanol–water partition coefficient (Wildman–Crippen LogP) is 3.19. The molecule has 65 valence electrons. The van der Waals surface area contributed by atoms with Crippen LogP contribution in [0.5, 0.6) is 0 Å². The number of aromatic nitrogens is 1. The number of fused-ring (bicyclic) bond motifs is 2. The maximum atomic E-state index is 4.32. The molecule has 0 aliphatic heterocycles. The third kappa shape index (κ3) is 1.06. The summed E-state index contributed by atoms with van der Waals surface area (Å²) < 4.78 is 0. The van der Waals surface area contributed by atoms with Crippen LogP contribution in [0.2, 0.25) is 0 Å². The van der Waals surface area contributed by atoms with Crippen molar-refractivity contribution < 1.29 is 0 Å². The van der Waals surface area contributed by atoms with Crippen LogP contribution in [0.25, 0.3) is 21.7 Å². The Morgan fingerprint density at radius 1 is 1.00 bits per heavy atom. The molecule has 0 amide bonds. The van der Waals surface area contributed by atoms with E-state index in [-0.39, 0.29) is 0 Å². The van der Waals surface area contributed by atoms with E-state index in [4.69, 9.17) is 0 Å². The van der Waals surface area contributed by atoms with Gasteiger partial charge in [0.05, 0.1) is 5.52 Å². The Morgan fingerprint density at radius 3 is 3.00 bits per heavy atom. The van der Waals surface area contributed by atoms with Crippen molar-refractivity contribution in [2.75, 3.05) is 0 Å². The van der Waals surface area contributed by atoms with Crippen LogP contribution in [0.1, 0.15) is 0 Å². The van der Waals surface area contributed by atoms with E-state index in [1.807, 2.05) is 24.4 Å². The highest BCUT2D eigenvalue weighted by atomic mass is 14.6. The lowest BCUT2D eigenvalue weighted by molar-refractivity contribution is 1.42. The van der Waals surface area contributed by atoms with Crippen LogP contribution in [0, 0.1) is 6.07 Å². The smallest absolute Gasteiger partial charge is 0.0708 e. The molecule has 3 rings (SSSR count). The second-order valence-corrected chi connectivity index (χ2v) is 3.32. The van der Waals surface area contributed by atoms with E-state index in [1.54, 1.807) is 0 Å². The Morgan fingerprint density at radius 2 is 2.00 bits per heavy atom. The summed E-state index contributed by atoms with van der Waals surface area (Å²) in [6.45, 7) is 0. The Bertz CT molecular complexity index is 494. The minimum atomic E-state index is 1.04. The van der Waals surface area contributed by atoms with Crippen molar-refractivity contribution in [2.24, 2.45) is 0 Å². The molecule has 1 radical (unpaired) electrons. The van der Waals surface area contributed by atoms with E-state index in [0.29, 0.717) is 0 Å². The summed E-state index contributed by atoms with van der Waals surface area (Å²) in [5.41, 5.74) is 1.04. The van der Waals surface area contributed by atoms with Gasteiger partial charge in [-0.05, 0) is 41.1 Å². The zero-order valence-electron chi connectivity index (χ0n) is 7.57. The number of benzene rings is 2. The maximum Gasteiger partial charge on any atom is 0.0708 e. The molecule has 3 aromatic rings. The fourth-order valence-corrected chi connectivity index (χ4v) is 1.70. The predicted molar refractivity (Wildman–Crippen MR) is 58.1 cm³/mol. The molecule has 0 saturated heterocycles. The molecule has 1 aromatic heterocycles. The van der Waals surface area contributed by atoms with Crippen molar-refractivity contribution in [1.82, 2.24) is 4.98 Å². The van der Waals surface area contributed by atoms with Crippen LogP contribution in [0.3, 0.4) is 0 Å². The van der Waals surface area contributed by atoms with Gasteiger partial charge in [-0.1, -0.05) is 18.2 Å². The summed E-state index contributed by atoms with van der Waals surface area (Å²) >= 11 is 0.